The van der Waals surface area contributed by atoms with E-state index in [9.17, 15) is 0 Å². The van der Waals surface area contributed by atoms with Crippen LogP contribution in [0.15, 0.2) is 30.6 Å². The van der Waals surface area contributed by atoms with Gasteiger partial charge in [0, 0.05) is 32.3 Å². The Bertz CT molecular complexity index is 627. The molecule has 22 heavy (non-hydrogen) atoms. The third kappa shape index (κ3) is 3.27. The van der Waals surface area contributed by atoms with Crippen LogP contribution >= 0.6 is 0 Å². The minimum atomic E-state index is 0.631. The zero-order chi connectivity index (χ0) is 15.4. The molecule has 1 fully saturated rings. The van der Waals surface area contributed by atoms with Crippen molar-refractivity contribution >= 4 is 11.6 Å². The van der Waals surface area contributed by atoms with Crippen molar-refractivity contribution in [2.45, 2.75) is 19.4 Å². The lowest BCUT2D eigenvalue weighted by atomic mass is 10.3. The Morgan fingerprint density at radius 1 is 1.23 bits per heavy atom. The Kier molecular flexibility index (Phi) is 4.37. The molecule has 0 aliphatic carbocycles. The molecule has 2 aromatic rings. The molecule has 0 atom stereocenters. The topological polar surface area (TPSA) is 54.4 Å². The van der Waals surface area contributed by atoms with Crippen LogP contribution in [0.4, 0.5) is 11.6 Å². The van der Waals surface area contributed by atoms with E-state index in [2.05, 4.69) is 24.8 Å². The van der Waals surface area contributed by atoms with Gasteiger partial charge in [0.2, 0.25) is 5.88 Å². The van der Waals surface area contributed by atoms with Crippen LogP contribution in [0.3, 0.4) is 0 Å². The normalized spacial score (nSPS) is 14.2. The molecule has 6 heteroatoms. The molecule has 3 heterocycles. The molecule has 0 radical (unpaired) electrons. The van der Waals surface area contributed by atoms with Gasteiger partial charge in [-0.3, -0.25) is 0 Å². The molecule has 0 unspecified atom stereocenters. The van der Waals surface area contributed by atoms with Gasteiger partial charge in [0.1, 0.15) is 18.0 Å². The summed E-state index contributed by atoms with van der Waals surface area (Å²) in [6.45, 7) is 2.84. The number of pyridine rings is 1. The summed E-state index contributed by atoms with van der Waals surface area (Å²) >= 11 is 0. The maximum Gasteiger partial charge on any atom is 0.213 e. The monoisotopic (exact) mass is 299 g/mol. The summed E-state index contributed by atoms with van der Waals surface area (Å²) in [5, 5.41) is 0. The van der Waals surface area contributed by atoms with Gasteiger partial charge in [-0.15, -0.1) is 0 Å². The Hall–Kier alpha value is -2.37. The smallest absolute Gasteiger partial charge is 0.213 e. The Labute approximate surface area is 130 Å². The molecule has 0 aromatic carbocycles. The van der Waals surface area contributed by atoms with Gasteiger partial charge in [-0.1, -0.05) is 6.07 Å². The molecule has 1 saturated heterocycles. The van der Waals surface area contributed by atoms with E-state index in [0.717, 1.165) is 30.4 Å². The second-order valence-corrected chi connectivity index (χ2v) is 5.46. The van der Waals surface area contributed by atoms with Crippen molar-refractivity contribution in [2.75, 3.05) is 37.0 Å². The predicted octanol–water partition coefficient (Wildman–Crippen LogP) is 2.12. The summed E-state index contributed by atoms with van der Waals surface area (Å²) in [5.41, 5.74) is 0.947. The molecule has 1 aliphatic rings. The van der Waals surface area contributed by atoms with Crippen LogP contribution in [-0.4, -0.2) is 42.2 Å². The second-order valence-electron chi connectivity index (χ2n) is 5.46. The molecular weight excluding hydrogens is 278 g/mol. The van der Waals surface area contributed by atoms with E-state index in [1.165, 1.54) is 12.8 Å². The highest BCUT2D eigenvalue weighted by Gasteiger charge is 2.15. The first kappa shape index (κ1) is 14.6. The number of hydrogen-bond acceptors (Lipinski definition) is 6. The van der Waals surface area contributed by atoms with Gasteiger partial charge in [0.15, 0.2) is 0 Å². The lowest BCUT2D eigenvalue weighted by Crippen LogP contribution is -2.22. The Morgan fingerprint density at radius 2 is 2.05 bits per heavy atom. The van der Waals surface area contributed by atoms with Gasteiger partial charge in [-0.2, -0.15) is 0 Å². The summed E-state index contributed by atoms with van der Waals surface area (Å²) in [4.78, 5) is 17.6. The first-order chi connectivity index (χ1) is 10.8. The van der Waals surface area contributed by atoms with Gasteiger partial charge >= 0.3 is 0 Å². The van der Waals surface area contributed by atoms with Crippen molar-refractivity contribution < 1.29 is 4.74 Å². The van der Waals surface area contributed by atoms with Gasteiger partial charge in [-0.25, -0.2) is 15.0 Å². The highest BCUT2D eigenvalue weighted by atomic mass is 16.5. The van der Waals surface area contributed by atoms with Gasteiger partial charge < -0.3 is 14.5 Å². The van der Waals surface area contributed by atoms with Crippen molar-refractivity contribution in [1.82, 2.24) is 15.0 Å². The largest absolute Gasteiger partial charge is 0.481 e. The van der Waals surface area contributed by atoms with E-state index < -0.39 is 0 Å². The third-order valence-corrected chi connectivity index (χ3v) is 3.85. The van der Waals surface area contributed by atoms with Crippen LogP contribution in [0, 0.1) is 0 Å². The zero-order valence-corrected chi connectivity index (χ0v) is 13.1. The number of ether oxygens (including phenoxy) is 1. The lowest BCUT2D eigenvalue weighted by Gasteiger charge is -2.21. The fraction of sp³-hybridized carbons (Fsp3) is 0.438. The maximum absolute atomic E-state index is 5.17. The van der Waals surface area contributed by atoms with Crippen LogP contribution < -0.4 is 14.5 Å². The van der Waals surface area contributed by atoms with Gasteiger partial charge in [0.25, 0.3) is 0 Å². The highest BCUT2D eigenvalue weighted by Crippen LogP contribution is 2.21. The summed E-state index contributed by atoms with van der Waals surface area (Å²) in [7, 11) is 3.64. The summed E-state index contributed by atoms with van der Waals surface area (Å²) < 4.78 is 5.17. The summed E-state index contributed by atoms with van der Waals surface area (Å²) in [6.07, 6.45) is 4.12. The average Bonchev–Trinajstić information content (AvgIpc) is 3.09. The molecule has 6 nitrogen and oxygen atoms in total. The Balaban J connectivity index is 1.73. The van der Waals surface area contributed by atoms with Crippen molar-refractivity contribution in [3.63, 3.8) is 0 Å². The van der Waals surface area contributed by atoms with Crippen molar-refractivity contribution in [3.8, 4) is 5.88 Å². The van der Waals surface area contributed by atoms with Crippen LogP contribution in [-0.2, 0) is 6.54 Å². The second kappa shape index (κ2) is 6.60. The van der Waals surface area contributed by atoms with E-state index in [1.807, 2.05) is 31.3 Å². The predicted molar refractivity (Wildman–Crippen MR) is 86.4 cm³/mol. The summed E-state index contributed by atoms with van der Waals surface area (Å²) in [5.74, 6) is 2.54. The van der Waals surface area contributed by atoms with Crippen LogP contribution in [0.5, 0.6) is 5.88 Å². The molecule has 0 bridgehead atoms. The van der Waals surface area contributed by atoms with E-state index in [-0.39, 0.29) is 0 Å². The molecule has 0 saturated carbocycles. The molecule has 0 spiro atoms. The van der Waals surface area contributed by atoms with E-state index >= 15 is 0 Å². The minimum Gasteiger partial charge on any atom is -0.481 e. The van der Waals surface area contributed by atoms with Crippen LogP contribution in [0.2, 0.25) is 0 Å². The fourth-order valence-corrected chi connectivity index (χ4v) is 2.65. The Morgan fingerprint density at radius 3 is 2.82 bits per heavy atom. The summed E-state index contributed by atoms with van der Waals surface area (Å²) in [6, 6.07) is 7.83. The first-order valence-corrected chi connectivity index (χ1v) is 7.54. The number of rotatable bonds is 5. The van der Waals surface area contributed by atoms with Crippen molar-refractivity contribution in [1.29, 1.82) is 0 Å². The molecule has 2 aromatic heterocycles. The molecule has 0 amide bonds. The minimum absolute atomic E-state index is 0.631. The number of nitrogens with zero attached hydrogens (tertiary/aromatic N) is 5. The SMILES string of the molecule is COc1cccc(CN(C)c2cc(N3CCCC3)ncn2)n1. The first-order valence-electron chi connectivity index (χ1n) is 7.54. The molecular formula is C16H21N5O. The number of anilines is 2. The third-order valence-electron chi connectivity index (χ3n) is 3.85. The zero-order valence-electron chi connectivity index (χ0n) is 13.1. The molecule has 1 aliphatic heterocycles. The van der Waals surface area contributed by atoms with Crippen molar-refractivity contribution in [2.24, 2.45) is 0 Å². The van der Waals surface area contributed by atoms with E-state index in [0.29, 0.717) is 12.4 Å². The average molecular weight is 299 g/mol. The van der Waals surface area contributed by atoms with E-state index in [4.69, 9.17) is 4.74 Å². The van der Waals surface area contributed by atoms with Crippen molar-refractivity contribution in [3.05, 3.63) is 36.3 Å². The molecule has 3 rings (SSSR count). The standard InChI is InChI=1S/C16H21N5O/c1-20(11-13-6-5-7-16(19-13)22-2)14-10-15(18-12-17-14)21-8-3-4-9-21/h5-7,10,12H,3-4,8-9,11H2,1-2H3. The molecule has 0 N–H and O–H groups in total. The van der Waals surface area contributed by atoms with Crippen LogP contribution in [0.25, 0.3) is 0 Å². The lowest BCUT2D eigenvalue weighted by molar-refractivity contribution is 0.396. The number of aromatic nitrogens is 3. The van der Waals surface area contributed by atoms with Gasteiger partial charge in [-0.05, 0) is 18.9 Å². The van der Waals surface area contributed by atoms with E-state index in [1.54, 1.807) is 13.4 Å². The number of hydrogen-bond donors (Lipinski definition) is 0. The quantitative estimate of drug-likeness (QED) is 0.843. The fourth-order valence-electron chi connectivity index (χ4n) is 2.65. The maximum atomic E-state index is 5.17. The van der Waals surface area contributed by atoms with Crippen LogP contribution in [0.1, 0.15) is 18.5 Å². The molecule has 116 valence electrons. The highest BCUT2D eigenvalue weighted by molar-refractivity contribution is 5.50. The number of methoxy groups -OCH3 is 1. The van der Waals surface area contributed by atoms with Gasteiger partial charge in [0.05, 0.1) is 19.3 Å².